The van der Waals surface area contributed by atoms with E-state index in [0.717, 1.165) is 0 Å². The Morgan fingerprint density at radius 1 is 0.667 bits per heavy atom. The van der Waals surface area contributed by atoms with Crippen LogP contribution in [0.4, 0.5) is 4.70 Å². The van der Waals surface area contributed by atoms with E-state index in [1.54, 1.807) is 0 Å². The van der Waals surface area contributed by atoms with Crippen LogP contribution >= 0.6 is 0 Å². The first-order valence-corrected chi connectivity index (χ1v) is 3.33. The molecule has 2 aromatic rings. The van der Waals surface area contributed by atoms with Crippen LogP contribution < -0.4 is 0 Å². The summed E-state index contributed by atoms with van der Waals surface area (Å²) in [7, 11) is 0. The number of hydrogen-bond donors (Lipinski definition) is 0. The molecule has 0 aliphatic rings. The van der Waals surface area contributed by atoms with E-state index < -0.39 is 0 Å². The van der Waals surface area contributed by atoms with E-state index >= 15 is 0 Å². The van der Waals surface area contributed by atoms with Gasteiger partial charge in [0, 0.05) is 21.7 Å². The third-order valence-electron chi connectivity index (χ3n) is 1.11. The molecule has 0 nitrogen and oxygen atoms in total. The molecule has 2 heteroatoms. The molecule has 0 spiro atoms. The molecule has 0 heterocycles. The van der Waals surface area contributed by atoms with Gasteiger partial charge >= 0.3 is 0 Å². The van der Waals surface area contributed by atoms with Gasteiger partial charge < -0.3 is 30.3 Å². The van der Waals surface area contributed by atoms with Crippen molar-refractivity contribution in [2.24, 2.45) is 0 Å². The van der Waals surface area contributed by atoms with E-state index in [2.05, 4.69) is 0 Å². The molecule has 0 fully saturated rings. The van der Waals surface area contributed by atoms with Crippen molar-refractivity contribution in [3.05, 3.63) is 60.7 Å². The van der Waals surface area contributed by atoms with Crippen LogP contribution in [0.3, 0.4) is 0 Å². The second kappa shape index (κ2) is 10.3. The fraction of sp³-hybridized carbons (Fsp3) is 0. The van der Waals surface area contributed by atoms with Crippen molar-refractivity contribution >= 4 is 0 Å². The van der Waals surface area contributed by atoms with Crippen LogP contribution in [0.5, 0.6) is 0 Å². The first-order valence-electron chi connectivity index (χ1n) is 3.33. The Hall–Kier alpha value is -0.656. The monoisotopic (exact) mass is 198 g/mol. The molecular formula is C10H11FTi-6. The fourth-order valence-electron chi connectivity index (χ4n) is 0.642. The minimum absolute atomic E-state index is 0. The predicted molar refractivity (Wildman–Crippen MR) is 46.6 cm³/mol. The summed E-state index contributed by atoms with van der Waals surface area (Å²) in [4.78, 5) is 0. The first-order chi connectivity index (χ1) is 5.00. The van der Waals surface area contributed by atoms with Crippen LogP contribution in [0.2, 0.25) is 0 Å². The number of rotatable bonds is 0. The molecule has 0 unspecified atom stereocenters. The molecule has 0 aliphatic carbocycles. The topological polar surface area (TPSA) is 0 Å². The van der Waals surface area contributed by atoms with Crippen LogP contribution in [0, 0.1) is 0 Å². The van der Waals surface area contributed by atoms with Crippen LogP contribution in [0.25, 0.3) is 0 Å². The zero-order valence-electron chi connectivity index (χ0n) is 6.68. The summed E-state index contributed by atoms with van der Waals surface area (Å²) in [6.07, 6.45) is 0. The Kier molecular flexibility index (Phi) is 12.0. The maximum absolute atomic E-state index is 2.00. The van der Waals surface area contributed by atoms with Gasteiger partial charge in [-0.1, -0.05) is 0 Å². The van der Waals surface area contributed by atoms with Gasteiger partial charge in [-0.05, 0) is 0 Å². The fourth-order valence-corrected chi connectivity index (χ4v) is 0.642. The van der Waals surface area contributed by atoms with E-state index in [1.165, 1.54) is 0 Å². The van der Waals surface area contributed by atoms with E-state index in [-0.39, 0.29) is 26.4 Å². The predicted octanol–water partition coefficient (Wildman–Crippen LogP) is 2.96. The summed E-state index contributed by atoms with van der Waals surface area (Å²) in [5, 5.41) is 0. The molecule has 0 aliphatic heterocycles. The van der Waals surface area contributed by atoms with Crippen molar-refractivity contribution in [2.45, 2.75) is 0 Å². The van der Waals surface area contributed by atoms with Gasteiger partial charge in [-0.25, -0.2) is 12.1 Å². The van der Waals surface area contributed by atoms with Crippen LogP contribution in [0.15, 0.2) is 60.7 Å². The second-order valence-electron chi connectivity index (χ2n) is 1.92. The van der Waals surface area contributed by atoms with Gasteiger partial charge in [-0.15, -0.1) is 0 Å². The molecule has 2 aromatic carbocycles. The normalized spacial score (nSPS) is 6.67. The van der Waals surface area contributed by atoms with E-state index in [4.69, 9.17) is 0 Å². The Morgan fingerprint density at radius 2 is 1.00 bits per heavy atom. The summed E-state index contributed by atoms with van der Waals surface area (Å²) in [6, 6.07) is 20.0. The minimum atomic E-state index is 0. The summed E-state index contributed by atoms with van der Waals surface area (Å²) in [5.41, 5.74) is 0. The average Bonchev–Trinajstić information content (AvgIpc) is 2.67. The van der Waals surface area contributed by atoms with Crippen LogP contribution in [-0.4, -0.2) is 0 Å². The van der Waals surface area contributed by atoms with Crippen molar-refractivity contribution < 1.29 is 26.4 Å². The zero-order valence-corrected chi connectivity index (χ0v) is 8.24. The third kappa shape index (κ3) is 7.45. The standard InChI is InChI=1S/2C5H5.FH.Ti/c2*1-2-4-5-3-1;;/h2*1-5H;1H;/q-5;-1;;. The van der Waals surface area contributed by atoms with E-state index in [9.17, 15) is 0 Å². The van der Waals surface area contributed by atoms with Gasteiger partial charge in [0.1, 0.15) is 0 Å². The van der Waals surface area contributed by atoms with Crippen molar-refractivity contribution in [1.82, 2.24) is 0 Å². The van der Waals surface area contributed by atoms with Gasteiger partial charge in [-0.2, -0.15) is 18.2 Å². The van der Waals surface area contributed by atoms with Crippen molar-refractivity contribution in [3.8, 4) is 0 Å². The molecular weight excluding hydrogens is 187 g/mol. The molecule has 68 valence electrons. The molecule has 0 atom stereocenters. The molecule has 0 amide bonds. The third-order valence-corrected chi connectivity index (χ3v) is 1.11. The SMILES string of the molecule is F.[Ti].[cH-]1[cH-][cH-][cH-][cH-]1.c1cc[cH-]c1. The number of halogens is 1. The van der Waals surface area contributed by atoms with Crippen molar-refractivity contribution in [1.29, 1.82) is 0 Å². The maximum atomic E-state index is 2.00. The average molecular weight is 198 g/mol. The molecule has 0 aromatic heterocycles. The van der Waals surface area contributed by atoms with Gasteiger partial charge in [0.05, 0.1) is 0 Å². The van der Waals surface area contributed by atoms with E-state index in [0.29, 0.717) is 0 Å². The molecule has 0 radical (unpaired) electrons. The summed E-state index contributed by atoms with van der Waals surface area (Å²) in [5.74, 6) is 0. The second-order valence-corrected chi connectivity index (χ2v) is 1.92. The Bertz CT molecular complexity index is 149. The van der Waals surface area contributed by atoms with Crippen molar-refractivity contribution in [3.63, 3.8) is 0 Å². The first kappa shape index (κ1) is 13.9. The minimum Gasteiger partial charge on any atom is -0.748 e. The van der Waals surface area contributed by atoms with Crippen LogP contribution in [0.1, 0.15) is 0 Å². The molecule has 12 heavy (non-hydrogen) atoms. The van der Waals surface area contributed by atoms with E-state index in [1.807, 2.05) is 60.7 Å². The Balaban J connectivity index is 0. The number of hydrogen-bond acceptors (Lipinski definition) is 0. The Labute approximate surface area is 87.2 Å². The maximum Gasteiger partial charge on any atom is 0 e. The molecule has 2 rings (SSSR count). The summed E-state index contributed by atoms with van der Waals surface area (Å²) < 4.78 is 0. The van der Waals surface area contributed by atoms with Crippen molar-refractivity contribution in [2.75, 3.05) is 0 Å². The Morgan fingerprint density at radius 3 is 1.17 bits per heavy atom. The largest absolute Gasteiger partial charge is 0.748 e. The molecule has 0 saturated heterocycles. The van der Waals surface area contributed by atoms with Gasteiger partial charge in [0.25, 0.3) is 0 Å². The summed E-state index contributed by atoms with van der Waals surface area (Å²) >= 11 is 0. The summed E-state index contributed by atoms with van der Waals surface area (Å²) in [6.45, 7) is 0. The molecule has 0 saturated carbocycles. The molecule has 0 N–H and O–H groups in total. The van der Waals surface area contributed by atoms with Crippen LogP contribution in [-0.2, 0) is 21.7 Å². The zero-order chi connectivity index (χ0) is 7.07. The van der Waals surface area contributed by atoms with Gasteiger partial charge in [-0.3, -0.25) is 4.70 Å². The van der Waals surface area contributed by atoms with Gasteiger partial charge in [0.2, 0.25) is 0 Å². The molecule has 0 bridgehead atoms. The quantitative estimate of drug-likeness (QED) is 0.451. The van der Waals surface area contributed by atoms with Gasteiger partial charge in [0.15, 0.2) is 0 Å². The smallest absolute Gasteiger partial charge is 0 e.